The number of hydrogen-bond acceptors (Lipinski definition) is 2. The number of halogens is 3. The molecule has 0 atom stereocenters. The average Bonchev–Trinajstić information content (AvgIpc) is 3.09. The van der Waals surface area contributed by atoms with Crippen molar-refractivity contribution in [3.05, 3.63) is 47.8 Å². The lowest BCUT2D eigenvalue weighted by atomic mass is 10.1. The Bertz CT molecular complexity index is 704. The van der Waals surface area contributed by atoms with Crippen LogP contribution in [0.15, 0.2) is 36.5 Å². The largest absolute Gasteiger partial charge is 0.416 e. The van der Waals surface area contributed by atoms with Gasteiger partial charge in [-0.3, -0.25) is 4.79 Å². The molecule has 2 aromatic rings. The Hall–Kier alpha value is -2.44. The molecule has 0 saturated carbocycles. The van der Waals surface area contributed by atoms with E-state index in [1.54, 1.807) is 18.3 Å². The van der Waals surface area contributed by atoms with Crippen LogP contribution in [0, 0.1) is 0 Å². The van der Waals surface area contributed by atoms with Crippen molar-refractivity contribution in [1.29, 1.82) is 0 Å². The molecule has 1 aromatic heterocycles. The van der Waals surface area contributed by atoms with Crippen LogP contribution in [0.2, 0.25) is 0 Å². The van der Waals surface area contributed by atoms with Crippen molar-refractivity contribution in [2.24, 2.45) is 0 Å². The van der Waals surface area contributed by atoms with Gasteiger partial charge in [0.15, 0.2) is 0 Å². The number of nitrogens with zero attached hydrogens (tertiary/aromatic N) is 1. The lowest BCUT2D eigenvalue weighted by Crippen LogP contribution is -2.30. The molecule has 0 bridgehead atoms. The number of carbonyl (C=O) groups is 1. The first-order chi connectivity index (χ1) is 11.4. The molecule has 1 aliphatic rings. The van der Waals surface area contributed by atoms with Gasteiger partial charge in [0.25, 0.3) is 5.91 Å². The summed E-state index contributed by atoms with van der Waals surface area (Å²) in [6.07, 6.45) is 0.232. The van der Waals surface area contributed by atoms with E-state index in [1.807, 2.05) is 4.90 Å². The number of carbonyl (C=O) groups excluding carboxylic acids is 1. The zero-order valence-corrected chi connectivity index (χ0v) is 13.0. The summed E-state index contributed by atoms with van der Waals surface area (Å²) in [5.74, 6) is -0.461. The van der Waals surface area contributed by atoms with E-state index in [1.165, 1.54) is 6.07 Å². The van der Waals surface area contributed by atoms with Crippen LogP contribution in [0.1, 0.15) is 35.3 Å². The van der Waals surface area contributed by atoms with Gasteiger partial charge in [-0.2, -0.15) is 13.2 Å². The molecule has 1 aromatic carbocycles. The molecule has 1 amide bonds. The number of nitrogens with one attached hydrogen (secondary N) is 2. The fraction of sp³-hybridized carbons (Fsp3) is 0.353. The number of H-pyrrole nitrogens is 1. The molecule has 1 fully saturated rings. The third-order valence-electron chi connectivity index (χ3n) is 4.11. The van der Waals surface area contributed by atoms with Crippen molar-refractivity contribution >= 4 is 17.3 Å². The first-order valence-electron chi connectivity index (χ1n) is 7.86. The van der Waals surface area contributed by atoms with Crippen LogP contribution < -0.4 is 10.2 Å². The van der Waals surface area contributed by atoms with Crippen molar-refractivity contribution in [3.8, 4) is 0 Å². The third-order valence-corrected chi connectivity index (χ3v) is 4.11. The highest BCUT2D eigenvalue weighted by molar-refractivity contribution is 6.04. The average molecular weight is 337 g/mol. The molecule has 2 N–H and O–H groups in total. The zero-order valence-electron chi connectivity index (χ0n) is 13.0. The maximum Gasteiger partial charge on any atom is 0.416 e. The smallest absolute Gasteiger partial charge is 0.370 e. The van der Waals surface area contributed by atoms with Gasteiger partial charge in [0.05, 0.1) is 16.9 Å². The normalized spacial score (nSPS) is 15.4. The second kappa shape index (κ2) is 6.59. The van der Waals surface area contributed by atoms with Gasteiger partial charge in [0.1, 0.15) is 5.69 Å². The minimum absolute atomic E-state index is 0.186. The number of aromatic nitrogens is 1. The summed E-state index contributed by atoms with van der Waals surface area (Å²) in [5, 5.41) is 2.61. The summed E-state index contributed by atoms with van der Waals surface area (Å²) in [5.41, 5.74) is 0.344. The minimum Gasteiger partial charge on any atom is -0.370 e. The molecule has 24 heavy (non-hydrogen) atoms. The van der Waals surface area contributed by atoms with E-state index in [0.29, 0.717) is 11.4 Å². The quantitative estimate of drug-likeness (QED) is 0.878. The number of amides is 1. The van der Waals surface area contributed by atoms with Crippen LogP contribution in [0.5, 0.6) is 0 Å². The molecule has 4 nitrogen and oxygen atoms in total. The Morgan fingerprint density at radius 1 is 1.12 bits per heavy atom. The topological polar surface area (TPSA) is 48.1 Å². The summed E-state index contributed by atoms with van der Waals surface area (Å²) >= 11 is 0. The van der Waals surface area contributed by atoms with Gasteiger partial charge in [-0.25, -0.2) is 0 Å². The summed E-state index contributed by atoms with van der Waals surface area (Å²) in [4.78, 5) is 17.0. The standard InChI is InChI=1S/C17H18F3N3O/c18-17(19,20)12-6-7-15(23-9-2-1-3-10-23)14(11-12)22-16(24)13-5-4-8-21-13/h4-8,11,21H,1-3,9-10H2,(H,22,24). The van der Waals surface area contributed by atoms with Crippen LogP contribution in [-0.2, 0) is 6.18 Å². The second-order valence-electron chi connectivity index (χ2n) is 5.82. The van der Waals surface area contributed by atoms with Gasteiger partial charge in [-0.15, -0.1) is 0 Å². The van der Waals surface area contributed by atoms with Gasteiger partial charge in [-0.1, -0.05) is 0 Å². The fourth-order valence-corrected chi connectivity index (χ4v) is 2.88. The second-order valence-corrected chi connectivity index (χ2v) is 5.82. The fourth-order valence-electron chi connectivity index (χ4n) is 2.88. The third kappa shape index (κ3) is 3.55. The molecular formula is C17H18F3N3O. The first-order valence-corrected chi connectivity index (χ1v) is 7.86. The van der Waals surface area contributed by atoms with Crippen molar-refractivity contribution in [3.63, 3.8) is 0 Å². The maximum absolute atomic E-state index is 13.0. The van der Waals surface area contributed by atoms with Crippen molar-refractivity contribution < 1.29 is 18.0 Å². The number of rotatable bonds is 3. The Morgan fingerprint density at radius 2 is 1.88 bits per heavy atom. The number of alkyl halides is 3. The molecule has 2 heterocycles. The monoisotopic (exact) mass is 337 g/mol. The summed E-state index contributed by atoms with van der Waals surface area (Å²) < 4.78 is 39.1. The predicted molar refractivity (Wildman–Crippen MR) is 86.3 cm³/mol. The van der Waals surface area contributed by atoms with E-state index < -0.39 is 17.6 Å². The SMILES string of the molecule is O=C(Nc1cc(C(F)(F)F)ccc1N1CCCCC1)c1ccc[nH]1. The van der Waals surface area contributed by atoms with E-state index >= 15 is 0 Å². The van der Waals surface area contributed by atoms with E-state index in [-0.39, 0.29) is 5.69 Å². The van der Waals surface area contributed by atoms with Crippen LogP contribution in [-0.4, -0.2) is 24.0 Å². The molecule has 0 radical (unpaired) electrons. The number of benzene rings is 1. The molecule has 3 rings (SSSR count). The van der Waals surface area contributed by atoms with Crippen LogP contribution >= 0.6 is 0 Å². The van der Waals surface area contributed by atoms with Gasteiger partial charge >= 0.3 is 6.18 Å². The lowest BCUT2D eigenvalue weighted by Gasteiger charge is -2.31. The van der Waals surface area contributed by atoms with Crippen LogP contribution in [0.25, 0.3) is 0 Å². The van der Waals surface area contributed by atoms with Gasteiger partial charge in [0.2, 0.25) is 0 Å². The summed E-state index contributed by atoms with van der Waals surface area (Å²) in [7, 11) is 0. The molecule has 0 aliphatic carbocycles. The predicted octanol–water partition coefficient (Wildman–Crippen LogP) is 4.28. The minimum atomic E-state index is -4.45. The zero-order chi connectivity index (χ0) is 17.2. The number of aromatic amines is 1. The van der Waals surface area contributed by atoms with E-state index in [0.717, 1.165) is 44.5 Å². The van der Waals surface area contributed by atoms with Crippen molar-refractivity contribution in [2.45, 2.75) is 25.4 Å². The highest BCUT2D eigenvalue weighted by Gasteiger charge is 2.32. The Labute approximate surface area is 137 Å². The van der Waals surface area contributed by atoms with E-state index in [2.05, 4.69) is 10.3 Å². The molecular weight excluding hydrogens is 319 g/mol. The number of hydrogen-bond donors (Lipinski definition) is 2. The van der Waals surface area contributed by atoms with Crippen molar-refractivity contribution in [1.82, 2.24) is 4.98 Å². The van der Waals surface area contributed by atoms with Crippen LogP contribution in [0.4, 0.5) is 24.5 Å². The number of anilines is 2. The van der Waals surface area contributed by atoms with Crippen molar-refractivity contribution in [2.75, 3.05) is 23.3 Å². The molecule has 0 unspecified atom stereocenters. The summed E-state index contributed by atoms with van der Waals surface area (Å²) in [6.45, 7) is 1.55. The number of piperidine rings is 1. The first kappa shape index (κ1) is 16.4. The van der Waals surface area contributed by atoms with Gasteiger partial charge in [0, 0.05) is 19.3 Å². The highest BCUT2D eigenvalue weighted by atomic mass is 19.4. The summed E-state index contributed by atoms with van der Waals surface area (Å²) in [6, 6.07) is 6.74. The van der Waals surface area contributed by atoms with E-state index in [9.17, 15) is 18.0 Å². The molecule has 128 valence electrons. The molecule has 1 saturated heterocycles. The lowest BCUT2D eigenvalue weighted by molar-refractivity contribution is -0.137. The van der Waals surface area contributed by atoms with Gasteiger partial charge in [-0.05, 0) is 49.6 Å². The van der Waals surface area contributed by atoms with Gasteiger partial charge < -0.3 is 15.2 Å². The van der Waals surface area contributed by atoms with Crippen LogP contribution in [0.3, 0.4) is 0 Å². The Morgan fingerprint density at radius 3 is 2.50 bits per heavy atom. The highest BCUT2D eigenvalue weighted by Crippen LogP contribution is 2.36. The molecule has 0 spiro atoms. The molecule has 1 aliphatic heterocycles. The Balaban J connectivity index is 1.94. The van der Waals surface area contributed by atoms with E-state index in [4.69, 9.17) is 0 Å². The molecule has 7 heteroatoms. The maximum atomic E-state index is 13.0. The Kier molecular flexibility index (Phi) is 4.51.